The molecule has 1 heterocycles. The lowest BCUT2D eigenvalue weighted by Crippen LogP contribution is -2.44. The van der Waals surface area contributed by atoms with Crippen LogP contribution in [-0.2, 0) is 10.2 Å². The van der Waals surface area contributed by atoms with Gasteiger partial charge < -0.3 is 10.2 Å². The molecular formula is C26H32N2O. The number of nitrogens with zero attached hydrogens (tertiary/aromatic N) is 1. The summed E-state index contributed by atoms with van der Waals surface area (Å²) >= 11 is 0. The second kappa shape index (κ2) is 6.84. The van der Waals surface area contributed by atoms with E-state index in [1.54, 1.807) is 0 Å². The summed E-state index contributed by atoms with van der Waals surface area (Å²) in [6.45, 7) is 3.57. The summed E-state index contributed by atoms with van der Waals surface area (Å²) in [6.07, 6.45) is 16.1. The van der Waals surface area contributed by atoms with Crippen LogP contribution in [0.5, 0.6) is 0 Å². The molecule has 2 saturated carbocycles. The van der Waals surface area contributed by atoms with E-state index in [2.05, 4.69) is 52.7 Å². The van der Waals surface area contributed by atoms with E-state index in [0.717, 1.165) is 62.1 Å². The SMILES string of the molecule is O=C(NC1CC1)C1=CC2(CCN(CC3CCC4C=CC3C4)CC2)c2ccccc21. The summed E-state index contributed by atoms with van der Waals surface area (Å²) < 4.78 is 0. The zero-order valence-corrected chi connectivity index (χ0v) is 17.3. The van der Waals surface area contributed by atoms with Crippen molar-refractivity contribution < 1.29 is 4.79 Å². The Balaban J connectivity index is 1.18. The van der Waals surface area contributed by atoms with Crippen molar-refractivity contribution in [3.63, 3.8) is 0 Å². The fourth-order valence-corrected chi connectivity index (χ4v) is 6.38. The fourth-order valence-electron chi connectivity index (χ4n) is 6.38. The molecule has 3 heteroatoms. The van der Waals surface area contributed by atoms with Gasteiger partial charge in [0.2, 0.25) is 0 Å². The van der Waals surface area contributed by atoms with Crippen molar-refractivity contribution in [2.45, 2.75) is 56.4 Å². The van der Waals surface area contributed by atoms with Crippen LogP contribution in [0.3, 0.4) is 0 Å². The monoisotopic (exact) mass is 388 g/mol. The lowest BCUT2D eigenvalue weighted by molar-refractivity contribution is -0.115. The number of fused-ring (bicyclic) bond motifs is 4. The van der Waals surface area contributed by atoms with Crippen LogP contribution >= 0.6 is 0 Å². The Bertz CT molecular complexity index is 872. The molecule has 3 nitrogen and oxygen atoms in total. The molecule has 0 radical (unpaired) electrons. The summed E-state index contributed by atoms with van der Waals surface area (Å²) in [7, 11) is 0. The smallest absolute Gasteiger partial charge is 0.251 e. The van der Waals surface area contributed by atoms with E-state index in [9.17, 15) is 4.79 Å². The van der Waals surface area contributed by atoms with E-state index in [4.69, 9.17) is 0 Å². The normalized spacial score (nSPS) is 32.3. The Morgan fingerprint density at radius 3 is 2.72 bits per heavy atom. The third kappa shape index (κ3) is 3.18. The molecule has 3 fully saturated rings. The van der Waals surface area contributed by atoms with Gasteiger partial charge in [0.05, 0.1) is 0 Å². The molecule has 1 N–H and O–H groups in total. The molecule has 4 aliphatic carbocycles. The van der Waals surface area contributed by atoms with Gasteiger partial charge in [-0.05, 0) is 86.9 Å². The van der Waals surface area contributed by atoms with Gasteiger partial charge in [-0.1, -0.05) is 42.5 Å². The van der Waals surface area contributed by atoms with Crippen molar-refractivity contribution in [3.05, 3.63) is 53.6 Å². The number of allylic oxidation sites excluding steroid dienone is 3. The molecule has 1 aromatic rings. The van der Waals surface area contributed by atoms with Gasteiger partial charge in [-0.2, -0.15) is 0 Å². The predicted octanol–water partition coefficient (Wildman–Crippen LogP) is 4.30. The number of rotatable bonds is 4. The number of hydrogen-bond acceptors (Lipinski definition) is 2. The third-order valence-corrected chi connectivity index (χ3v) is 8.29. The van der Waals surface area contributed by atoms with Crippen molar-refractivity contribution >= 4 is 11.5 Å². The summed E-state index contributed by atoms with van der Waals surface area (Å²) in [6, 6.07) is 9.06. The Hall–Kier alpha value is -1.87. The molecule has 1 aromatic carbocycles. The van der Waals surface area contributed by atoms with Crippen LogP contribution in [0.15, 0.2) is 42.5 Å². The molecule has 1 saturated heterocycles. The molecule has 5 aliphatic rings. The Morgan fingerprint density at radius 2 is 1.90 bits per heavy atom. The zero-order valence-electron chi connectivity index (χ0n) is 17.3. The minimum absolute atomic E-state index is 0.0637. The zero-order chi connectivity index (χ0) is 19.4. The van der Waals surface area contributed by atoms with Crippen molar-refractivity contribution in [3.8, 4) is 0 Å². The van der Waals surface area contributed by atoms with Crippen LogP contribution in [0.2, 0.25) is 0 Å². The van der Waals surface area contributed by atoms with Gasteiger partial charge in [0.15, 0.2) is 0 Å². The quantitative estimate of drug-likeness (QED) is 0.780. The summed E-state index contributed by atoms with van der Waals surface area (Å²) in [5.74, 6) is 2.70. The van der Waals surface area contributed by atoms with Crippen molar-refractivity contribution in [2.75, 3.05) is 19.6 Å². The molecule has 152 valence electrons. The molecular weight excluding hydrogens is 356 g/mol. The van der Waals surface area contributed by atoms with E-state index in [1.165, 1.54) is 36.9 Å². The average Bonchev–Trinajstić information content (AvgIpc) is 3.39. The highest BCUT2D eigenvalue weighted by atomic mass is 16.1. The molecule has 1 amide bonds. The number of carbonyl (C=O) groups is 1. The molecule has 2 bridgehead atoms. The number of amides is 1. The maximum Gasteiger partial charge on any atom is 0.251 e. The van der Waals surface area contributed by atoms with E-state index in [1.807, 2.05) is 0 Å². The van der Waals surface area contributed by atoms with Crippen LogP contribution in [-0.4, -0.2) is 36.5 Å². The van der Waals surface area contributed by atoms with Gasteiger partial charge in [0.1, 0.15) is 0 Å². The van der Waals surface area contributed by atoms with Crippen LogP contribution in [0.25, 0.3) is 5.57 Å². The van der Waals surface area contributed by atoms with Gasteiger partial charge >= 0.3 is 0 Å². The summed E-state index contributed by atoms with van der Waals surface area (Å²) in [5, 5.41) is 3.21. The van der Waals surface area contributed by atoms with Gasteiger partial charge in [0, 0.05) is 23.6 Å². The fraction of sp³-hybridized carbons (Fsp3) is 0.577. The maximum atomic E-state index is 12.9. The standard InChI is InChI=1S/C26H32N2O/c29-25(27-21-9-10-21)23-16-26(24-4-2-1-3-22(23)24)11-13-28(14-12-26)17-20-8-6-18-5-7-19(20)15-18/h1-5,7,16,18-21H,6,8-15,17H2,(H,27,29). The first-order valence-electron chi connectivity index (χ1n) is 11.7. The number of hydrogen-bond donors (Lipinski definition) is 1. The van der Waals surface area contributed by atoms with E-state index in [0.29, 0.717) is 6.04 Å². The minimum atomic E-state index is 0.0637. The predicted molar refractivity (Wildman–Crippen MR) is 116 cm³/mol. The van der Waals surface area contributed by atoms with Crippen LogP contribution in [0.4, 0.5) is 0 Å². The number of likely N-dealkylation sites (tertiary alicyclic amines) is 1. The van der Waals surface area contributed by atoms with Crippen LogP contribution in [0, 0.1) is 17.8 Å². The maximum absolute atomic E-state index is 12.9. The number of nitrogens with one attached hydrogen (secondary N) is 1. The van der Waals surface area contributed by atoms with E-state index in [-0.39, 0.29) is 11.3 Å². The Morgan fingerprint density at radius 1 is 1.07 bits per heavy atom. The third-order valence-electron chi connectivity index (χ3n) is 8.29. The van der Waals surface area contributed by atoms with Crippen molar-refractivity contribution in [1.29, 1.82) is 0 Å². The first-order valence-corrected chi connectivity index (χ1v) is 11.7. The van der Waals surface area contributed by atoms with Crippen molar-refractivity contribution in [1.82, 2.24) is 10.2 Å². The molecule has 0 aromatic heterocycles. The average molecular weight is 389 g/mol. The first kappa shape index (κ1) is 17.9. The number of benzene rings is 1. The number of carbonyl (C=O) groups excluding carboxylic acids is 1. The second-order valence-corrected chi connectivity index (χ2v) is 10.2. The van der Waals surface area contributed by atoms with Crippen LogP contribution < -0.4 is 5.32 Å². The van der Waals surface area contributed by atoms with Gasteiger partial charge in [0.25, 0.3) is 5.91 Å². The van der Waals surface area contributed by atoms with E-state index >= 15 is 0 Å². The van der Waals surface area contributed by atoms with Crippen molar-refractivity contribution in [2.24, 2.45) is 17.8 Å². The van der Waals surface area contributed by atoms with Gasteiger partial charge in [-0.3, -0.25) is 4.79 Å². The topological polar surface area (TPSA) is 32.3 Å². The molecule has 1 aliphatic heterocycles. The summed E-state index contributed by atoms with van der Waals surface area (Å²) in [5.41, 5.74) is 3.55. The highest BCUT2D eigenvalue weighted by Crippen LogP contribution is 2.48. The number of piperidine rings is 1. The molecule has 6 rings (SSSR count). The lowest BCUT2D eigenvalue weighted by atomic mass is 9.74. The first-order chi connectivity index (χ1) is 14.2. The highest BCUT2D eigenvalue weighted by Gasteiger charge is 2.43. The Labute approximate surface area is 174 Å². The lowest BCUT2D eigenvalue weighted by Gasteiger charge is -2.41. The van der Waals surface area contributed by atoms with Gasteiger partial charge in [-0.25, -0.2) is 0 Å². The Kier molecular flexibility index (Phi) is 4.23. The highest BCUT2D eigenvalue weighted by molar-refractivity contribution is 6.21. The molecule has 1 spiro atoms. The minimum Gasteiger partial charge on any atom is -0.349 e. The van der Waals surface area contributed by atoms with Gasteiger partial charge in [-0.15, -0.1) is 0 Å². The second-order valence-electron chi connectivity index (χ2n) is 10.2. The summed E-state index contributed by atoms with van der Waals surface area (Å²) in [4.78, 5) is 15.6. The molecule has 29 heavy (non-hydrogen) atoms. The largest absolute Gasteiger partial charge is 0.349 e. The van der Waals surface area contributed by atoms with E-state index < -0.39 is 0 Å². The molecule has 3 unspecified atom stereocenters. The molecule has 3 atom stereocenters. The van der Waals surface area contributed by atoms with Crippen LogP contribution in [0.1, 0.15) is 56.1 Å².